The quantitative estimate of drug-likeness (QED) is 0.277. The lowest BCUT2D eigenvalue weighted by molar-refractivity contribution is 0.509. The first-order valence-electron chi connectivity index (χ1n) is 9.37. The number of fused-ring (bicyclic) bond motifs is 3. The third-order valence-electron chi connectivity index (χ3n) is 4.89. The van der Waals surface area contributed by atoms with Crippen molar-refractivity contribution < 1.29 is 17.6 Å². The Balaban J connectivity index is 1.45. The summed E-state index contributed by atoms with van der Waals surface area (Å²) in [6.07, 6.45) is 0. The Kier molecular flexibility index (Phi) is 4.75. The Hall–Kier alpha value is -3.58. The zero-order chi connectivity index (χ0) is 21.5. The molecule has 0 atom stereocenters. The van der Waals surface area contributed by atoms with E-state index in [0.717, 1.165) is 55.8 Å². The molecule has 0 radical (unpaired) electrons. The first kappa shape index (κ1) is 19.4. The molecule has 0 amide bonds. The number of halogens is 4. The van der Waals surface area contributed by atoms with Gasteiger partial charge < -0.3 is 10.6 Å². The molecule has 0 aliphatic carbocycles. The zero-order valence-corrected chi connectivity index (χ0v) is 16.7. The Morgan fingerprint density at radius 3 is 1.26 bits per heavy atom. The molecule has 7 heteroatoms. The topological polar surface area (TPSA) is 24.1 Å². The molecule has 2 nitrogen and oxygen atoms in total. The molecule has 0 saturated heterocycles. The molecule has 0 aliphatic rings. The van der Waals surface area contributed by atoms with Gasteiger partial charge in [-0.25, -0.2) is 17.6 Å². The molecule has 0 spiro atoms. The van der Waals surface area contributed by atoms with E-state index in [2.05, 4.69) is 10.6 Å². The molecule has 2 N–H and O–H groups in total. The maximum atomic E-state index is 13.5. The fraction of sp³-hybridized carbons (Fsp3) is 0. The average Bonchev–Trinajstić information content (AvgIpc) is 3.10. The monoisotopic (exact) mass is 438 g/mol. The molecule has 0 fully saturated rings. The highest BCUT2D eigenvalue weighted by molar-refractivity contribution is 7.25. The zero-order valence-electron chi connectivity index (χ0n) is 15.8. The molecule has 154 valence electrons. The molecule has 0 saturated carbocycles. The van der Waals surface area contributed by atoms with Gasteiger partial charge in [-0.15, -0.1) is 11.3 Å². The number of nitrogens with one attached hydrogen (secondary N) is 2. The standard InChI is InChI=1S/C24H14F4N2S/c25-19-7-3-13(9-21(19)27)29-15-1-5-17-18-6-2-16(12-24(18)31-23(17)11-15)30-14-4-8-20(26)22(28)10-14/h1-12,29-30H. The van der Waals surface area contributed by atoms with Crippen LogP contribution in [0.4, 0.5) is 40.3 Å². The number of benzene rings is 4. The average molecular weight is 438 g/mol. The fourth-order valence-electron chi connectivity index (χ4n) is 3.41. The van der Waals surface area contributed by atoms with Crippen LogP contribution in [0.25, 0.3) is 20.2 Å². The lowest BCUT2D eigenvalue weighted by Gasteiger charge is -2.07. The van der Waals surface area contributed by atoms with E-state index in [4.69, 9.17) is 0 Å². The van der Waals surface area contributed by atoms with Crippen molar-refractivity contribution in [1.82, 2.24) is 0 Å². The maximum absolute atomic E-state index is 13.5. The summed E-state index contributed by atoms with van der Waals surface area (Å²) < 4.78 is 55.2. The highest BCUT2D eigenvalue weighted by atomic mass is 32.1. The van der Waals surface area contributed by atoms with Gasteiger partial charge in [0.05, 0.1) is 0 Å². The minimum atomic E-state index is -0.908. The summed E-state index contributed by atoms with van der Waals surface area (Å²) >= 11 is 1.57. The third kappa shape index (κ3) is 3.80. The molecule has 0 aliphatic heterocycles. The van der Waals surface area contributed by atoms with Crippen LogP contribution in [-0.4, -0.2) is 0 Å². The second kappa shape index (κ2) is 7.59. The second-order valence-electron chi connectivity index (χ2n) is 7.03. The van der Waals surface area contributed by atoms with Crippen LogP contribution in [0.5, 0.6) is 0 Å². The van der Waals surface area contributed by atoms with Gasteiger partial charge in [-0.2, -0.15) is 0 Å². The minimum Gasteiger partial charge on any atom is -0.355 e. The summed E-state index contributed by atoms with van der Waals surface area (Å²) in [5, 5.41) is 8.30. The van der Waals surface area contributed by atoms with E-state index in [9.17, 15) is 17.6 Å². The maximum Gasteiger partial charge on any atom is 0.160 e. The molecule has 0 unspecified atom stereocenters. The van der Waals surface area contributed by atoms with Crippen LogP contribution in [0.3, 0.4) is 0 Å². The largest absolute Gasteiger partial charge is 0.355 e. The van der Waals surface area contributed by atoms with Gasteiger partial charge >= 0.3 is 0 Å². The van der Waals surface area contributed by atoms with Crippen molar-refractivity contribution >= 4 is 54.3 Å². The van der Waals surface area contributed by atoms with Gasteiger partial charge in [0.15, 0.2) is 23.3 Å². The second-order valence-corrected chi connectivity index (χ2v) is 8.12. The Labute approximate surface area is 178 Å². The van der Waals surface area contributed by atoms with Crippen molar-refractivity contribution in [3.05, 3.63) is 96.1 Å². The lowest BCUT2D eigenvalue weighted by atomic mass is 10.1. The van der Waals surface area contributed by atoms with E-state index in [1.165, 1.54) is 12.1 Å². The smallest absolute Gasteiger partial charge is 0.160 e. The summed E-state index contributed by atoms with van der Waals surface area (Å²) in [5.74, 6) is -3.60. The Morgan fingerprint density at radius 1 is 0.452 bits per heavy atom. The van der Waals surface area contributed by atoms with Crippen molar-refractivity contribution in [1.29, 1.82) is 0 Å². The normalized spacial score (nSPS) is 11.2. The first-order valence-corrected chi connectivity index (χ1v) is 10.2. The molecular formula is C24H14F4N2S. The van der Waals surface area contributed by atoms with Gasteiger partial charge in [0.2, 0.25) is 0 Å². The van der Waals surface area contributed by atoms with Gasteiger partial charge in [0.25, 0.3) is 0 Å². The van der Waals surface area contributed by atoms with Crippen molar-refractivity contribution in [2.24, 2.45) is 0 Å². The van der Waals surface area contributed by atoms with E-state index in [1.54, 1.807) is 11.3 Å². The lowest BCUT2D eigenvalue weighted by Crippen LogP contribution is -1.92. The SMILES string of the molecule is Fc1ccc(Nc2ccc3c(c2)sc2cc(Nc4ccc(F)c(F)c4)ccc23)cc1F. The number of anilines is 4. The summed E-state index contributed by atoms with van der Waals surface area (Å²) in [4.78, 5) is 0. The molecule has 4 aromatic carbocycles. The van der Waals surface area contributed by atoms with Crippen LogP contribution >= 0.6 is 11.3 Å². The molecule has 1 heterocycles. The predicted molar refractivity (Wildman–Crippen MR) is 119 cm³/mol. The molecule has 1 aromatic heterocycles. The molecule has 5 aromatic rings. The molecule has 0 bridgehead atoms. The highest BCUT2D eigenvalue weighted by Gasteiger charge is 2.09. The fourth-order valence-corrected chi connectivity index (χ4v) is 4.60. The van der Waals surface area contributed by atoms with E-state index < -0.39 is 23.3 Å². The van der Waals surface area contributed by atoms with Crippen molar-refractivity contribution in [2.45, 2.75) is 0 Å². The van der Waals surface area contributed by atoms with Crippen LogP contribution in [0.2, 0.25) is 0 Å². The molecule has 5 rings (SSSR count). The van der Waals surface area contributed by atoms with Gasteiger partial charge in [-0.05, 0) is 48.5 Å². The number of hydrogen-bond acceptors (Lipinski definition) is 3. The van der Waals surface area contributed by atoms with Crippen LogP contribution in [0.15, 0.2) is 72.8 Å². The van der Waals surface area contributed by atoms with Gasteiger partial charge in [-0.1, -0.05) is 12.1 Å². The Bertz CT molecular complexity index is 1340. The highest BCUT2D eigenvalue weighted by Crippen LogP contribution is 2.37. The van der Waals surface area contributed by atoms with E-state index in [-0.39, 0.29) is 0 Å². The van der Waals surface area contributed by atoms with Crippen LogP contribution in [0.1, 0.15) is 0 Å². The number of hydrogen-bond donors (Lipinski definition) is 2. The molecule has 31 heavy (non-hydrogen) atoms. The summed E-state index contributed by atoms with van der Waals surface area (Å²) in [6, 6.07) is 18.9. The van der Waals surface area contributed by atoms with E-state index >= 15 is 0 Å². The van der Waals surface area contributed by atoms with Gasteiger partial charge in [0, 0.05) is 55.1 Å². The van der Waals surface area contributed by atoms with Gasteiger partial charge in [-0.3, -0.25) is 0 Å². The minimum absolute atomic E-state index is 0.456. The van der Waals surface area contributed by atoms with Crippen molar-refractivity contribution in [3.8, 4) is 0 Å². The van der Waals surface area contributed by atoms with Crippen molar-refractivity contribution in [2.75, 3.05) is 10.6 Å². The van der Waals surface area contributed by atoms with Crippen LogP contribution < -0.4 is 10.6 Å². The number of rotatable bonds is 4. The molecular weight excluding hydrogens is 424 g/mol. The predicted octanol–water partition coefficient (Wildman–Crippen LogP) is 8.10. The van der Waals surface area contributed by atoms with E-state index in [1.807, 2.05) is 36.4 Å². The van der Waals surface area contributed by atoms with E-state index in [0.29, 0.717) is 11.4 Å². The summed E-state index contributed by atoms with van der Waals surface area (Å²) in [5.41, 5.74) is 2.42. The number of thiophene rings is 1. The van der Waals surface area contributed by atoms with Crippen LogP contribution in [0, 0.1) is 23.3 Å². The summed E-state index contributed by atoms with van der Waals surface area (Å²) in [7, 11) is 0. The Morgan fingerprint density at radius 2 is 0.839 bits per heavy atom. The summed E-state index contributed by atoms with van der Waals surface area (Å²) in [6.45, 7) is 0. The van der Waals surface area contributed by atoms with Crippen LogP contribution in [-0.2, 0) is 0 Å². The third-order valence-corrected chi connectivity index (χ3v) is 6.01. The van der Waals surface area contributed by atoms with Crippen molar-refractivity contribution in [3.63, 3.8) is 0 Å². The first-order chi connectivity index (χ1) is 15.0. The van der Waals surface area contributed by atoms with Gasteiger partial charge in [0.1, 0.15) is 0 Å².